The second-order valence-corrected chi connectivity index (χ2v) is 15.0. The van der Waals surface area contributed by atoms with E-state index in [9.17, 15) is 4.79 Å². The monoisotopic (exact) mass is 422 g/mol. The summed E-state index contributed by atoms with van der Waals surface area (Å²) in [5.74, 6) is 0.557. The molecule has 0 amide bonds. The van der Waals surface area contributed by atoms with Crippen molar-refractivity contribution in [2.45, 2.75) is 50.1 Å². The first-order valence-electron chi connectivity index (χ1n) is 9.61. The summed E-state index contributed by atoms with van der Waals surface area (Å²) in [6.45, 7) is 9.02. The molecular weight excluding hydrogens is 392 g/mol. The van der Waals surface area contributed by atoms with Crippen molar-refractivity contribution in [2.75, 3.05) is 31.4 Å². The quantitative estimate of drug-likeness (QED) is 0.366. The predicted molar refractivity (Wildman–Crippen MR) is 116 cm³/mol. The van der Waals surface area contributed by atoms with Gasteiger partial charge in [0.15, 0.2) is 4.87 Å². The van der Waals surface area contributed by atoms with Crippen LogP contribution in [0.4, 0.5) is 5.82 Å². The van der Waals surface area contributed by atoms with Gasteiger partial charge >= 0.3 is 5.97 Å². The first kappa shape index (κ1) is 21.1. The Morgan fingerprint density at radius 3 is 2.82 bits per heavy atom. The van der Waals surface area contributed by atoms with Gasteiger partial charge < -0.3 is 18.9 Å². The fourth-order valence-electron chi connectivity index (χ4n) is 3.59. The Morgan fingerprint density at radius 2 is 2.14 bits per heavy atom. The summed E-state index contributed by atoms with van der Waals surface area (Å²) in [6, 6.07) is 3.14. The number of rotatable bonds is 8. The van der Waals surface area contributed by atoms with Crippen LogP contribution in [0.15, 0.2) is 18.6 Å². The van der Waals surface area contributed by atoms with Crippen LogP contribution in [0, 0.1) is 0 Å². The standard InChI is InChI=1S/C19H30N4O3SSi/c1-25-18(24)19(27-2)8-6-9-23(19)17-15-7-10-22(16(15)20-13-21-17)14-26-11-12-28(3,4)5/h7,10,13H,6,8-9,11-12,14H2,1-5H3. The largest absolute Gasteiger partial charge is 0.467 e. The van der Waals surface area contributed by atoms with Crippen molar-refractivity contribution in [2.24, 2.45) is 0 Å². The lowest BCUT2D eigenvalue weighted by molar-refractivity contribution is -0.143. The molecule has 1 aliphatic heterocycles. The first-order valence-corrected chi connectivity index (χ1v) is 14.5. The molecule has 0 N–H and O–H groups in total. The summed E-state index contributed by atoms with van der Waals surface area (Å²) < 4.78 is 13.0. The average Bonchev–Trinajstić information content (AvgIpc) is 3.28. The molecule has 1 atom stereocenters. The Morgan fingerprint density at radius 1 is 1.36 bits per heavy atom. The normalized spacial score (nSPS) is 20.1. The maximum absolute atomic E-state index is 12.6. The lowest BCUT2D eigenvalue weighted by Crippen LogP contribution is -2.49. The molecule has 3 rings (SSSR count). The molecule has 7 nitrogen and oxygen atoms in total. The number of nitrogens with zero attached hydrogens (tertiary/aromatic N) is 4. The molecule has 0 bridgehead atoms. The molecule has 9 heteroatoms. The third-order valence-corrected chi connectivity index (χ3v) is 8.16. The third-order valence-electron chi connectivity index (χ3n) is 5.19. The molecule has 0 aromatic carbocycles. The molecule has 0 spiro atoms. The van der Waals surface area contributed by atoms with Crippen LogP contribution < -0.4 is 4.90 Å². The number of esters is 1. The highest BCUT2D eigenvalue weighted by Gasteiger charge is 2.49. The number of anilines is 1. The van der Waals surface area contributed by atoms with Gasteiger partial charge in [-0.2, -0.15) is 0 Å². The van der Waals surface area contributed by atoms with Gasteiger partial charge in [-0.3, -0.25) is 0 Å². The fraction of sp³-hybridized carbons (Fsp3) is 0.632. The highest BCUT2D eigenvalue weighted by Crippen LogP contribution is 2.43. The zero-order valence-electron chi connectivity index (χ0n) is 17.4. The lowest BCUT2D eigenvalue weighted by atomic mass is 10.2. The molecule has 154 valence electrons. The van der Waals surface area contributed by atoms with Crippen LogP contribution >= 0.6 is 11.8 Å². The van der Waals surface area contributed by atoms with Crippen molar-refractivity contribution >= 4 is 42.7 Å². The minimum atomic E-state index is -1.11. The average molecular weight is 423 g/mol. The van der Waals surface area contributed by atoms with Gasteiger partial charge in [-0.1, -0.05) is 19.6 Å². The van der Waals surface area contributed by atoms with Crippen LogP contribution in [0.1, 0.15) is 12.8 Å². The van der Waals surface area contributed by atoms with Gasteiger partial charge in [0.1, 0.15) is 24.5 Å². The number of fused-ring (bicyclic) bond motifs is 1. The molecular formula is C19H30N4O3SSi. The Kier molecular flexibility index (Phi) is 6.36. The lowest BCUT2D eigenvalue weighted by Gasteiger charge is -2.35. The van der Waals surface area contributed by atoms with Crippen molar-refractivity contribution in [3.63, 3.8) is 0 Å². The van der Waals surface area contributed by atoms with Gasteiger partial charge in [0.2, 0.25) is 0 Å². The second kappa shape index (κ2) is 8.42. The highest BCUT2D eigenvalue weighted by atomic mass is 32.2. The maximum atomic E-state index is 12.6. The summed E-state index contributed by atoms with van der Waals surface area (Å²) >= 11 is 1.51. The zero-order valence-corrected chi connectivity index (χ0v) is 19.2. The number of hydrogen-bond donors (Lipinski definition) is 0. The van der Waals surface area contributed by atoms with Crippen LogP contribution in [0.5, 0.6) is 0 Å². The third kappa shape index (κ3) is 4.06. The van der Waals surface area contributed by atoms with Gasteiger partial charge in [-0.15, -0.1) is 11.8 Å². The minimum absolute atomic E-state index is 0.224. The Hall–Kier alpha value is -1.58. The smallest absolute Gasteiger partial charge is 0.342 e. The van der Waals surface area contributed by atoms with E-state index in [-0.39, 0.29) is 5.97 Å². The zero-order chi connectivity index (χ0) is 20.4. The Labute approximate surface area is 171 Å². The van der Waals surface area contributed by atoms with E-state index in [0.29, 0.717) is 6.73 Å². The molecule has 1 fully saturated rings. The number of carbonyl (C=O) groups excluding carboxylic acids is 1. The Balaban J connectivity index is 1.85. The van der Waals surface area contributed by atoms with Gasteiger partial charge in [0.05, 0.1) is 12.5 Å². The number of thioether (sulfide) groups is 1. The van der Waals surface area contributed by atoms with E-state index in [2.05, 4.69) is 34.5 Å². The summed E-state index contributed by atoms with van der Waals surface area (Å²) in [7, 11) is 0.338. The molecule has 2 aromatic heterocycles. The van der Waals surface area contributed by atoms with E-state index in [1.54, 1.807) is 6.33 Å². The summed E-state index contributed by atoms with van der Waals surface area (Å²) in [6.07, 6.45) is 7.16. The van der Waals surface area contributed by atoms with E-state index in [1.165, 1.54) is 18.9 Å². The van der Waals surface area contributed by atoms with E-state index in [0.717, 1.165) is 48.9 Å². The highest BCUT2D eigenvalue weighted by molar-refractivity contribution is 8.00. The van der Waals surface area contributed by atoms with Crippen LogP contribution in [-0.2, 0) is 21.0 Å². The van der Waals surface area contributed by atoms with Gasteiger partial charge in [0.25, 0.3) is 0 Å². The second-order valence-electron chi connectivity index (χ2n) is 8.30. The Bertz CT molecular complexity index is 838. The number of hydrogen-bond acceptors (Lipinski definition) is 7. The SMILES string of the molecule is COC(=O)C1(SC)CCCN1c1ncnc2c1ccn2COCC[Si](C)(C)C. The van der Waals surface area contributed by atoms with Crippen molar-refractivity contribution in [3.05, 3.63) is 18.6 Å². The number of aromatic nitrogens is 3. The van der Waals surface area contributed by atoms with E-state index >= 15 is 0 Å². The molecule has 28 heavy (non-hydrogen) atoms. The topological polar surface area (TPSA) is 69.5 Å². The van der Waals surface area contributed by atoms with Crippen LogP contribution in [0.2, 0.25) is 25.7 Å². The van der Waals surface area contributed by atoms with E-state index in [1.807, 2.05) is 23.1 Å². The predicted octanol–water partition coefficient (Wildman–Crippen LogP) is 3.58. The van der Waals surface area contributed by atoms with E-state index < -0.39 is 12.9 Å². The molecule has 0 radical (unpaired) electrons. The maximum Gasteiger partial charge on any atom is 0.342 e. The summed E-state index contributed by atoms with van der Waals surface area (Å²) in [5, 5.41) is 0.931. The molecule has 3 heterocycles. The van der Waals surface area contributed by atoms with Crippen LogP contribution in [0.25, 0.3) is 11.0 Å². The van der Waals surface area contributed by atoms with E-state index in [4.69, 9.17) is 9.47 Å². The van der Waals surface area contributed by atoms with Crippen molar-refractivity contribution < 1.29 is 14.3 Å². The molecule has 1 saturated heterocycles. The number of methoxy groups -OCH3 is 1. The minimum Gasteiger partial charge on any atom is -0.467 e. The van der Waals surface area contributed by atoms with Crippen molar-refractivity contribution in [1.29, 1.82) is 0 Å². The summed E-state index contributed by atoms with van der Waals surface area (Å²) in [5.41, 5.74) is 0.824. The molecule has 0 aliphatic carbocycles. The number of ether oxygens (including phenoxy) is 2. The summed E-state index contributed by atoms with van der Waals surface area (Å²) in [4.78, 5) is 22.9. The molecule has 0 saturated carbocycles. The first-order chi connectivity index (χ1) is 13.3. The van der Waals surface area contributed by atoms with Gasteiger partial charge in [-0.05, 0) is 31.2 Å². The molecule has 2 aromatic rings. The van der Waals surface area contributed by atoms with Crippen LogP contribution in [-0.4, -0.2) is 60.0 Å². The molecule has 1 unspecified atom stereocenters. The molecule has 1 aliphatic rings. The van der Waals surface area contributed by atoms with Crippen molar-refractivity contribution in [1.82, 2.24) is 14.5 Å². The van der Waals surface area contributed by atoms with Gasteiger partial charge in [0, 0.05) is 27.4 Å². The fourth-order valence-corrected chi connectivity index (χ4v) is 5.34. The number of carbonyl (C=O) groups is 1. The van der Waals surface area contributed by atoms with Gasteiger partial charge in [-0.25, -0.2) is 14.8 Å². The van der Waals surface area contributed by atoms with Crippen LogP contribution in [0.3, 0.4) is 0 Å². The van der Waals surface area contributed by atoms with Crippen molar-refractivity contribution in [3.8, 4) is 0 Å².